The maximum atomic E-state index is 14.1. The highest BCUT2D eigenvalue weighted by Gasteiger charge is 2.35. The van der Waals surface area contributed by atoms with Gasteiger partial charge in [0.1, 0.15) is 18.2 Å². The Balaban J connectivity index is 1.48. The Kier molecular flexibility index (Phi) is 7.29. The highest BCUT2D eigenvalue weighted by atomic mass is 35.5. The van der Waals surface area contributed by atoms with Crippen LogP contribution in [0.4, 0.5) is 9.18 Å². The predicted molar refractivity (Wildman–Crippen MR) is 130 cm³/mol. The van der Waals surface area contributed by atoms with Crippen molar-refractivity contribution < 1.29 is 18.7 Å². The molecule has 0 N–H and O–H groups in total. The van der Waals surface area contributed by atoms with Gasteiger partial charge in [0.15, 0.2) is 0 Å². The minimum absolute atomic E-state index is 0.0963. The van der Waals surface area contributed by atoms with Gasteiger partial charge in [-0.05, 0) is 59.8 Å². The van der Waals surface area contributed by atoms with Crippen molar-refractivity contribution in [3.63, 3.8) is 0 Å². The molecule has 168 valence electrons. The van der Waals surface area contributed by atoms with Crippen molar-refractivity contribution in [3.05, 3.63) is 103 Å². The molecule has 4 rings (SSSR count). The number of carbonyl (C=O) groups excluding carboxylic acids is 2. The van der Waals surface area contributed by atoms with Gasteiger partial charge in [-0.3, -0.25) is 14.5 Å². The van der Waals surface area contributed by atoms with E-state index in [-0.39, 0.29) is 28.6 Å². The number of hydrogen-bond acceptors (Lipinski definition) is 4. The molecule has 33 heavy (non-hydrogen) atoms. The molecule has 0 spiro atoms. The van der Waals surface area contributed by atoms with Crippen molar-refractivity contribution >= 4 is 63.8 Å². The molecule has 0 atom stereocenters. The summed E-state index contributed by atoms with van der Waals surface area (Å²) in [7, 11) is 0. The van der Waals surface area contributed by atoms with Crippen LogP contribution in [-0.2, 0) is 17.9 Å². The van der Waals surface area contributed by atoms with Crippen LogP contribution in [0.25, 0.3) is 6.08 Å². The Hall–Kier alpha value is -2.51. The van der Waals surface area contributed by atoms with E-state index < -0.39 is 17.0 Å². The van der Waals surface area contributed by atoms with Crippen molar-refractivity contribution in [1.29, 1.82) is 0 Å². The van der Waals surface area contributed by atoms with Crippen molar-refractivity contribution in [1.82, 2.24) is 4.90 Å². The number of rotatable bonds is 6. The van der Waals surface area contributed by atoms with Gasteiger partial charge in [0.25, 0.3) is 11.1 Å². The second-order valence-corrected chi connectivity index (χ2v) is 9.31. The third-order valence-corrected chi connectivity index (χ3v) is 6.67. The van der Waals surface area contributed by atoms with E-state index in [0.717, 1.165) is 22.2 Å². The van der Waals surface area contributed by atoms with Gasteiger partial charge in [0.2, 0.25) is 0 Å². The standard InChI is InChI=1S/C24H15Cl3FNO3S/c25-16-8-7-15(20(27)11-16)13-32-17-4-1-3-14(9-17)10-22-23(30)29(24(31)33-22)12-18-19(26)5-2-6-21(18)28/h1-11H,12-13H2. The molecule has 1 aliphatic rings. The van der Waals surface area contributed by atoms with Gasteiger partial charge in [-0.15, -0.1) is 0 Å². The van der Waals surface area contributed by atoms with E-state index in [4.69, 9.17) is 39.5 Å². The average molecular weight is 523 g/mol. The summed E-state index contributed by atoms with van der Waals surface area (Å²) >= 11 is 18.9. The second-order valence-electron chi connectivity index (χ2n) is 7.06. The van der Waals surface area contributed by atoms with Crippen LogP contribution < -0.4 is 4.74 Å². The Labute approximate surface area is 208 Å². The second kappa shape index (κ2) is 10.2. The van der Waals surface area contributed by atoms with E-state index in [9.17, 15) is 14.0 Å². The van der Waals surface area contributed by atoms with Crippen molar-refractivity contribution in [2.24, 2.45) is 0 Å². The first-order chi connectivity index (χ1) is 15.8. The molecule has 1 aliphatic heterocycles. The van der Waals surface area contributed by atoms with Gasteiger partial charge in [0.05, 0.1) is 11.4 Å². The normalized spacial score (nSPS) is 14.9. The van der Waals surface area contributed by atoms with Gasteiger partial charge in [-0.25, -0.2) is 4.39 Å². The largest absolute Gasteiger partial charge is 0.489 e. The minimum atomic E-state index is -0.573. The number of thioether (sulfide) groups is 1. The third kappa shape index (κ3) is 5.53. The maximum absolute atomic E-state index is 14.1. The van der Waals surface area contributed by atoms with Crippen molar-refractivity contribution in [3.8, 4) is 5.75 Å². The first-order valence-electron chi connectivity index (χ1n) is 9.67. The topological polar surface area (TPSA) is 46.6 Å². The third-order valence-electron chi connectivity index (χ3n) is 4.82. The van der Waals surface area contributed by atoms with Crippen LogP contribution in [0.15, 0.2) is 65.6 Å². The highest BCUT2D eigenvalue weighted by Crippen LogP contribution is 2.35. The number of imide groups is 1. The van der Waals surface area contributed by atoms with Crippen LogP contribution in [0, 0.1) is 5.82 Å². The van der Waals surface area contributed by atoms with Crippen LogP contribution >= 0.6 is 46.6 Å². The van der Waals surface area contributed by atoms with Crippen LogP contribution in [0.1, 0.15) is 16.7 Å². The lowest BCUT2D eigenvalue weighted by molar-refractivity contribution is -0.123. The lowest BCUT2D eigenvalue weighted by Crippen LogP contribution is -2.28. The molecule has 2 amide bonds. The highest BCUT2D eigenvalue weighted by molar-refractivity contribution is 8.18. The quantitative estimate of drug-likeness (QED) is 0.313. The van der Waals surface area contributed by atoms with Gasteiger partial charge in [-0.2, -0.15) is 0 Å². The van der Waals surface area contributed by atoms with Gasteiger partial charge < -0.3 is 4.74 Å². The maximum Gasteiger partial charge on any atom is 0.293 e. The number of benzene rings is 3. The summed E-state index contributed by atoms with van der Waals surface area (Å²) in [5.41, 5.74) is 1.54. The van der Waals surface area contributed by atoms with E-state index in [2.05, 4.69) is 0 Å². The molecule has 0 saturated carbocycles. The fourth-order valence-corrected chi connectivity index (χ4v) is 4.65. The van der Waals surface area contributed by atoms with Crippen LogP contribution in [0.2, 0.25) is 15.1 Å². The summed E-state index contributed by atoms with van der Waals surface area (Å²) in [5, 5.41) is 0.707. The Morgan fingerprint density at radius 2 is 1.76 bits per heavy atom. The number of carbonyl (C=O) groups is 2. The summed E-state index contributed by atoms with van der Waals surface area (Å²) in [6.45, 7) is -0.00210. The summed E-state index contributed by atoms with van der Waals surface area (Å²) in [5.74, 6) is -0.521. The van der Waals surface area contributed by atoms with E-state index in [1.165, 1.54) is 18.2 Å². The van der Waals surface area contributed by atoms with Crippen LogP contribution in [-0.4, -0.2) is 16.0 Å². The zero-order valence-electron chi connectivity index (χ0n) is 16.9. The predicted octanol–water partition coefficient (Wildman–Crippen LogP) is 7.60. The molecule has 4 nitrogen and oxygen atoms in total. The summed E-state index contributed by atoms with van der Waals surface area (Å²) in [4.78, 5) is 26.4. The van der Waals surface area contributed by atoms with Crippen LogP contribution in [0.3, 0.4) is 0 Å². The van der Waals surface area contributed by atoms with Gasteiger partial charge in [0, 0.05) is 26.2 Å². The Morgan fingerprint density at radius 3 is 2.52 bits per heavy atom. The molecule has 9 heteroatoms. The first-order valence-corrected chi connectivity index (χ1v) is 11.6. The van der Waals surface area contributed by atoms with Crippen LogP contribution in [0.5, 0.6) is 5.75 Å². The molecule has 3 aromatic carbocycles. The monoisotopic (exact) mass is 521 g/mol. The molecule has 1 fully saturated rings. The Morgan fingerprint density at radius 1 is 0.970 bits per heavy atom. The number of halogens is 4. The number of hydrogen-bond donors (Lipinski definition) is 0. The van der Waals surface area contributed by atoms with E-state index in [1.54, 1.807) is 48.5 Å². The first kappa shape index (κ1) is 23.6. The molecule has 0 unspecified atom stereocenters. The van der Waals surface area contributed by atoms with E-state index in [0.29, 0.717) is 21.4 Å². The molecule has 0 bridgehead atoms. The minimum Gasteiger partial charge on any atom is -0.489 e. The Bertz CT molecular complexity index is 1260. The van der Waals surface area contributed by atoms with Gasteiger partial charge in [-0.1, -0.05) is 59.1 Å². The number of nitrogens with zero attached hydrogens (tertiary/aromatic N) is 1. The number of ether oxygens (including phenoxy) is 1. The number of amides is 2. The summed E-state index contributed by atoms with van der Waals surface area (Å²) in [6, 6.07) is 16.4. The lowest BCUT2D eigenvalue weighted by atomic mass is 10.1. The molecular weight excluding hydrogens is 508 g/mol. The van der Waals surface area contributed by atoms with Gasteiger partial charge >= 0.3 is 0 Å². The zero-order valence-corrected chi connectivity index (χ0v) is 19.9. The SMILES string of the molecule is O=C1SC(=Cc2cccc(OCc3ccc(Cl)cc3Cl)c2)C(=O)N1Cc1c(F)cccc1Cl. The zero-order chi connectivity index (χ0) is 23.5. The van der Waals surface area contributed by atoms with E-state index in [1.807, 2.05) is 0 Å². The lowest BCUT2D eigenvalue weighted by Gasteiger charge is -2.14. The van der Waals surface area contributed by atoms with Crippen molar-refractivity contribution in [2.45, 2.75) is 13.2 Å². The molecule has 1 saturated heterocycles. The molecule has 3 aromatic rings. The summed E-state index contributed by atoms with van der Waals surface area (Å²) < 4.78 is 19.9. The fraction of sp³-hybridized carbons (Fsp3) is 0.0833. The average Bonchev–Trinajstić information content (AvgIpc) is 3.03. The molecule has 0 aromatic heterocycles. The fourth-order valence-electron chi connectivity index (χ4n) is 3.12. The molecule has 1 heterocycles. The molecule has 0 aliphatic carbocycles. The molecule has 0 radical (unpaired) electrons. The van der Waals surface area contributed by atoms with Crippen molar-refractivity contribution in [2.75, 3.05) is 0 Å². The smallest absolute Gasteiger partial charge is 0.293 e. The molecular formula is C24H15Cl3FNO3S. The van der Waals surface area contributed by atoms with E-state index >= 15 is 0 Å². The summed E-state index contributed by atoms with van der Waals surface area (Å²) in [6.07, 6.45) is 1.59.